The van der Waals surface area contributed by atoms with Gasteiger partial charge in [0.2, 0.25) is 5.91 Å². The minimum Gasteiger partial charge on any atom is -0.316 e. The molecule has 19 heavy (non-hydrogen) atoms. The van der Waals surface area contributed by atoms with E-state index in [-0.39, 0.29) is 19.0 Å². The van der Waals surface area contributed by atoms with Crippen molar-refractivity contribution < 1.29 is 4.79 Å². The highest BCUT2D eigenvalue weighted by Crippen LogP contribution is 2.21. The SMILES string of the molecule is N#CCN(CC#N)C(=O)CCSc1ccc(Cl)cc1. The van der Waals surface area contributed by atoms with Crippen molar-refractivity contribution in [3.8, 4) is 12.1 Å². The van der Waals surface area contributed by atoms with Crippen LogP contribution in [0, 0.1) is 22.7 Å². The van der Waals surface area contributed by atoms with Crippen molar-refractivity contribution in [2.75, 3.05) is 18.8 Å². The van der Waals surface area contributed by atoms with Crippen molar-refractivity contribution in [2.45, 2.75) is 11.3 Å². The van der Waals surface area contributed by atoms with E-state index in [1.54, 1.807) is 12.1 Å². The van der Waals surface area contributed by atoms with Gasteiger partial charge in [-0.15, -0.1) is 11.8 Å². The molecule has 0 radical (unpaired) electrons. The standard InChI is InChI=1S/C13H12ClN3OS/c14-11-1-3-12(4-2-11)19-10-5-13(18)17(8-6-15)9-7-16/h1-4H,5,8-10H2. The lowest BCUT2D eigenvalue weighted by molar-refractivity contribution is -0.129. The maximum atomic E-state index is 11.8. The maximum Gasteiger partial charge on any atom is 0.225 e. The summed E-state index contributed by atoms with van der Waals surface area (Å²) < 4.78 is 0. The molecule has 0 saturated carbocycles. The smallest absolute Gasteiger partial charge is 0.225 e. The average Bonchev–Trinajstić information content (AvgIpc) is 2.40. The van der Waals surface area contributed by atoms with E-state index < -0.39 is 0 Å². The van der Waals surface area contributed by atoms with Gasteiger partial charge in [-0.2, -0.15) is 10.5 Å². The third-order valence-corrected chi connectivity index (χ3v) is 3.54. The zero-order valence-electron chi connectivity index (χ0n) is 10.2. The van der Waals surface area contributed by atoms with Crippen LogP contribution in [0.1, 0.15) is 6.42 Å². The molecule has 0 aliphatic carbocycles. The highest BCUT2D eigenvalue weighted by atomic mass is 35.5. The first kappa shape index (κ1) is 15.4. The van der Waals surface area contributed by atoms with Crippen molar-refractivity contribution >= 4 is 29.3 Å². The lowest BCUT2D eigenvalue weighted by atomic mass is 10.4. The van der Waals surface area contributed by atoms with Crippen LogP contribution in [0.5, 0.6) is 0 Å². The van der Waals surface area contributed by atoms with Gasteiger partial charge in [-0.05, 0) is 24.3 Å². The molecule has 0 heterocycles. The number of benzene rings is 1. The van der Waals surface area contributed by atoms with Gasteiger partial charge in [0.05, 0.1) is 12.1 Å². The molecule has 0 fully saturated rings. The molecule has 1 rings (SSSR count). The van der Waals surface area contributed by atoms with Crippen molar-refractivity contribution in [1.29, 1.82) is 10.5 Å². The Bertz CT molecular complexity index is 488. The summed E-state index contributed by atoms with van der Waals surface area (Å²) in [7, 11) is 0. The minimum atomic E-state index is -0.176. The number of amides is 1. The Morgan fingerprint density at radius 3 is 2.32 bits per heavy atom. The zero-order chi connectivity index (χ0) is 14.1. The average molecular weight is 294 g/mol. The molecule has 0 N–H and O–H groups in total. The molecule has 0 aliphatic rings. The molecular weight excluding hydrogens is 282 g/mol. The number of carbonyl (C=O) groups is 1. The molecule has 98 valence electrons. The Morgan fingerprint density at radius 2 is 1.79 bits per heavy atom. The molecule has 0 unspecified atom stereocenters. The number of hydrogen-bond donors (Lipinski definition) is 0. The molecule has 1 aromatic carbocycles. The first-order valence-corrected chi connectivity index (χ1v) is 6.93. The van der Waals surface area contributed by atoms with Gasteiger partial charge in [0.15, 0.2) is 0 Å². The van der Waals surface area contributed by atoms with Gasteiger partial charge in [-0.25, -0.2) is 0 Å². The van der Waals surface area contributed by atoms with Gasteiger partial charge in [0, 0.05) is 22.1 Å². The van der Waals surface area contributed by atoms with Gasteiger partial charge in [0.25, 0.3) is 0 Å². The predicted octanol–water partition coefficient (Wildman–Crippen LogP) is 2.70. The lowest BCUT2D eigenvalue weighted by Gasteiger charge is -2.15. The molecule has 1 aromatic rings. The lowest BCUT2D eigenvalue weighted by Crippen LogP contribution is -2.31. The van der Waals surface area contributed by atoms with E-state index in [0.29, 0.717) is 17.2 Å². The van der Waals surface area contributed by atoms with Gasteiger partial charge >= 0.3 is 0 Å². The highest BCUT2D eigenvalue weighted by molar-refractivity contribution is 7.99. The molecule has 0 spiro atoms. The number of thioether (sulfide) groups is 1. The normalized spacial score (nSPS) is 9.42. The monoisotopic (exact) mass is 293 g/mol. The quantitative estimate of drug-likeness (QED) is 0.597. The Balaban J connectivity index is 2.39. The summed E-state index contributed by atoms with van der Waals surface area (Å²) in [5, 5.41) is 17.8. The summed E-state index contributed by atoms with van der Waals surface area (Å²) >= 11 is 7.32. The van der Waals surface area contributed by atoms with Crippen LogP contribution in [0.25, 0.3) is 0 Å². The number of halogens is 1. The van der Waals surface area contributed by atoms with E-state index in [1.807, 2.05) is 24.3 Å². The number of rotatable bonds is 6. The first-order chi connectivity index (χ1) is 9.17. The largest absolute Gasteiger partial charge is 0.316 e. The Hall–Kier alpha value is -1.69. The van der Waals surface area contributed by atoms with Crippen LogP contribution in [0.2, 0.25) is 5.02 Å². The fraction of sp³-hybridized carbons (Fsp3) is 0.308. The molecule has 4 nitrogen and oxygen atoms in total. The summed E-state index contributed by atoms with van der Waals surface area (Å²) in [6.45, 7) is -0.0873. The summed E-state index contributed by atoms with van der Waals surface area (Å²) in [6, 6.07) is 11.1. The van der Waals surface area contributed by atoms with E-state index in [9.17, 15) is 4.79 Å². The van der Waals surface area contributed by atoms with E-state index in [0.717, 1.165) is 4.90 Å². The van der Waals surface area contributed by atoms with E-state index in [1.165, 1.54) is 16.7 Å². The van der Waals surface area contributed by atoms with Crippen LogP contribution in [-0.4, -0.2) is 29.6 Å². The molecular formula is C13H12ClN3OS. The third kappa shape index (κ3) is 5.65. The van der Waals surface area contributed by atoms with E-state index in [2.05, 4.69) is 0 Å². The summed E-state index contributed by atoms with van der Waals surface area (Å²) in [5.74, 6) is 0.429. The number of nitriles is 2. The Labute approximate surface area is 121 Å². The first-order valence-electron chi connectivity index (χ1n) is 5.57. The summed E-state index contributed by atoms with van der Waals surface area (Å²) in [6.07, 6.45) is 0.302. The fourth-order valence-corrected chi connectivity index (χ4v) is 2.31. The molecule has 0 aromatic heterocycles. The van der Waals surface area contributed by atoms with Crippen LogP contribution in [-0.2, 0) is 4.79 Å². The zero-order valence-corrected chi connectivity index (χ0v) is 11.7. The second kappa shape index (κ2) is 8.42. The molecule has 0 aliphatic heterocycles. The Kier molecular flexibility index (Phi) is 6.81. The molecule has 1 amide bonds. The van der Waals surface area contributed by atoms with Gasteiger partial charge < -0.3 is 4.90 Å². The summed E-state index contributed by atoms with van der Waals surface area (Å²) in [4.78, 5) is 14.0. The number of carbonyl (C=O) groups excluding carboxylic acids is 1. The predicted molar refractivity (Wildman–Crippen MR) is 74.6 cm³/mol. The van der Waals surface area contributed by atoms with Gasteiger partial charge in [-0.1, -0.05) is 11.6 Å². The van der Waals surface area contributed by atoms with Gasteiger partial charge in [0.1, 0.15) is 13.1 Å². The van der Waals surface area contributed by atoms with Crippen LogP contribution < -0.4 is 0 Å². The van der Waals surface area contributed by atoms with Crippen molar-refractivity contribution in [3.63, 3.8) is 0 Å². The van der Waals surface area contributed by atoms with Crippen molar-refractivity contribution in [1.82, 2.24) is 4.90 Å². The Morgan fingerprint density at radius 1 is 1.21 bits per heavy atom. The molecule has 6 heteroatoms. The van der Waals surface area contributed by atoms with E-state index >= 15 is 0 Å². The number of nitrogens with zero attached hydrogens (tertiary/aromatic N) is 3. The molecule has 0 bridgehead atoms. The second-order valence-electron chi connectivity index (χ2n) is 3.62. The maximum absolute atomic E-state index is 11.8. The second-order valence-corrected chi connectivity index (χ2v) is 5.22. The summed E-state index contributed by atoms with van der Waals surface area (Å²) in [5.41, 5.74) is 0. The highest BCUT2D eigenvalue weighted by Gasteiger charge is 2.12. The fourth-order valence-electron chi connectivity index (χ4n) is 1.35. The van der Waals surface area contributed by atoms with E-state index in [4.69, 9.17) is 22.1 Å². The molecule has 0 saturated heterocycles. The topological polar surface area (TPSA) is 67.9 Å². The van der Waals surface area contributed by atoms with Crippen LogP contribution in [0.15, 0.2) is 29.2 Å². The third-order valence-electron chi connectivity index (χ3n) is 2.27. The van der Waals surface area contributed by atoms with Crippen LogP contribution >= 0.6 is 23.4 Å². The number of hydrogen-bond acceptors (Lipinski definition) is 4. The van der Waals surface area contributed by atoms with Gasteiger partial charge in [-0.3, -0.25) is 4.79 Å². The van der Waals surface area contributed by atoms with Crippen LogP contribution in [0.4, 0.5) is 0 Å². The minimum absolute atomic E-state index is 0.0436. The van der Waals surface area contributed by atoms with Crippen molar-refractivity contribution in [2.24, 2.45) is 0 Å². The van der Waals surface area contributed by atoms with Crippen LogP contribution in [0.3, 0.4) is 0 Å². The van der Waals surface area contributed by atoms with Crippen molar-refractivity contribution in [3.05, 3.63) is 29.3 Å². The molecule has 0 atom stereocenters.